The highest BCUT2D eigenvalue weighted by molar-refractivity contribution is 9.10. The number of methoxy groups -OCH3 is 1. The van der Waals surface area contributed by atoms with Crippen molar-refractivity contribution < 1.29 is 19.0 Å². The molecule has 116 valence electrons. The maximum absolute atomic E-state index is 11.6. The van der Waals surface area contributed by atoms with Crippen LogP contribution in [0.3, 0.4) is 0 Å². The molecule has 0 heterocycles. The number of benzene rings is 2. The van der Waals surface area contributed by atoms with Gasteiger partial charge in [-0.2, -0.15) is 0 Å². The molecule has 0 aliphatic carbocycles. The number of rotatable bonds is 7. The van der Waals surface area contributed by atoms with Crippen LogP contribution in [0.4, 0.5) is 0 Å². The molecule has 0 N–H and O–H groups in total. The molecule has 0 radical (unpaired) electrons. The molecule has 22 heavy (non-hydrogen) atoms. The summed E-state index contributed by atoms with van der Waals surface area (Å²) < 4.78 is 17.4. The van der Waals surface area contributed by atoms with E-state index in [1.54, 1.807) is 25.3 Å². The van der Waals surface area contributed by atoms with Crippen LogP contribution in [0.2, 0.25) is 0 Å². The summed E-state index contributed by atoms with van der Waals surface area (Å²) in [6.45, 7) is 2.23. The second kappa shape index (κ2) is 7.84. The van der Waals surface area contributed by atoms with Gasteiger partial charge in [-0.1, -0.05) is 15.9 Å². The van der Waals surface area contributed by atoms with E-state index in [1.807, 2.05) is 24.3 Å². The van der Waals surface area contributed by atoms with Crippen molar-refractivity contribution in [3.8, 4) is 17.2 Å². The summed E-state index contributed by atoms with van der Waals surface area (Å²) in [5.41, 5.74) is 0.532. The van der Waals surface area contributed by atoms with Gasteiger partial charge in [0.1, 0.15) is 30.5 Å². The maximum atomic E-state index is 11.6. The first-order chi connectivity index (χ1) is 10.6. The largest absolute Gasteiger partial charge is 0.497 e. The number of halogens is 1. The monoisotopic (exact) mass is 364 g/mol. The molecule has 0 atom stereocenters. The van der Waals surface area contributed by atoms with E-state index in [9.17, 15) is 4.79 Å². The van der Waals surface area contributed by atoms with E-state index in [0.29, 0.717) is 30.3 Å². The van der Waals surface area contributed by atoms with Crippen LogP contribution in [0.25, 0.3) is 0 Å². The van der Waals surface area contributed by atoms with Crippen LogP contribution in [0.1, 0.15) is 17.3 Å². The van der Waals surface area contributed by atoms with Gasteiger partial charge in [0, 0.05) is 10.5 Å². The molecule has 0 aliphatic rings. The lowest BCUT2D eigenvalue weighted by atomic mass is 10.1. The molecule has 2 aromatic carbocycles. The summed E-state index contributed by atoms with van der Waals surface area (Å²) in [6.07, 6.45) is 0. The average molecular weight is 365 g/mol. The number of ketones is 1. The summed E-state index contributed by atoms with van der Waals surface area (Å²) >= 11 is 3.37. The van der Waals surface area contributed by atoms with Crippen LogP contribution in [-0.2, 0) is 0 Å². The van der Waals surface area contributed by atoms with Gasteiger partial charge in [0.05, 0.1) is 12.7 Å². The van der Waals surface area contributed by atoms with Crippen molar-refractivity contribution in [2.45, 2.75) is 6.92 Å². The van der Waals surface area contributed by atoms with Gasteiger partial charge in [0.2, 0.25) is 0 Å². The van der Waals surface area contributed by atoms with Crippen molar-refractivity contribution in [2.75, 3.05) is 20.3 Å². The SMILES string of the molecule is COc1ccc(C(C)=O)c(OCCOc2ccc(Br)cc2)c1. The zero-order valence-electron chi connectivity index (χ0n) is 12.5. The van der Waals surface area contributed by atoms with Gasteiger partial charge in [-0.3, -0.25) is 4.79 Å². The summed E-state index contributed by atoms with van der Waals surface area (Å²) in [4.78, 5) is 11.6. The van der Waals surface area contributed by atoms with Gasteiger partial charge in [0.15, 0.2) is 5.78 Å². The van der Waals surface area contributed by atoms with Crippen molar-refractivity contribution in [1.82, 2.24) is 0 Å². The van der Waals surface area contributed by atoms with E-state index in [0.717, 1.165) is 10.2 Å². The highest BCUT2D eigenvalue weighted by Gasteiger charge is 2.10. The molecule has 2 rings (SSSR count). The van der Waals surface area contributed by atoms with E-state index >= 15 is 0 Å². The minimum atomic E-state index is -0.0496. The molecule has 0 fully saturated rings. The summed E-state index contributed by atoms with van der Waals surface area (Å²) in [7, 11) is 1.57. The zero-order valence-corrected chi connectivity index (χ0v) is 14.1. The first-order valence-electron chi connectivity index (χ1n) is 6.80. The lowest BCUT2D eigenvalue weighted by molar-refractivity contribution is 0.101. The molecular formula is C17H17BrO4. The molecule has 0 saturated heterocycles. The van der Waals surface area contributed by atoms with Crippen molar-refractivity contribution in [3.63, 3.8) is 0 Å². The summed E-state index contributed by atoms with van der Waals surface area (Å²) in [5.74, 6) is 1.87. The zero-order chi connectivity index (χ0) is 15.9. The van der Waals surface area contributed by atoms with Crippen molar-refractivity contribution >= 4 is 21.7 Å². The third-order valence-electron chi connectivity index (χ3n) is 2.99. The summed E-state index contributed by atoms with van der Waals surface area (Å²) in [5, 5.41) is 0. The first-order valence-corrected chi connectivity index (χ1v) is 7.59. The molecule has 5 heteroatoms. The molecule has 0 spiro atoms. The lowest BCUT2D eigenvalue weighted by Gasteiger charge is -2.12. The molecule has 4 nitrogen and oxygen atoms in total. The van der Waals surface area contributed by atoms with Gasteiger partial charge in [-0.15, -0.1) is 0 Å². The Morgan fingerprint density at radius 2 is 1.64 bits per heavy atom. The van der Waals surface area contributed by atoms with Crippen molar-refractivity contribution in [3.05, 3.63) is 52.5 Å². The fourth-order valence-electron chi connectivity index (χ4n) is 1.88. The Morgan fingerprint density at radius 1 is 1.00 bits per heavy atom. The molecule has 0 unspecified atom stereocenters. The Bertz CT molecular complexity index is 638. The van der Waals surface area contributed by atoms with Crippen LogP contribution in [0, 0.1) is 0 Å². The number of ether oxygens (including phenoxy) is 3. The lowest BCUT2D eigenvalue weighted by Crippen LogP contribution is -2.11. The van der Waals surface area contributed by atoms with E-state index in [-0.39, 0.29) is 5.78 Å². The van der Waals surface area contributed by atoms with Crippen molar-refractivity contribution in [2.24, 2.45) is 0 Å². The van der Waals surface area contributed by atoms with Gasteiger partial charge in [-0.25, -0.2) is 0 Å². The van der Waals surface area contributed by atoms with Crippen LogP contribution < -0.4 is 14.2 Å². The second-order valence-corrected chi connectivity index (χ2v) is 5.48. The molecule has 0 bridgehead atoms. The average Bonchev–Trinajstić information content (AvgIpc) is 2.52. The first kappa shape index (κ1) is 16.4. The topological polar surface area (TPSA) is 44.8 Å². The fourth-order valence-corrected chi connectivity index (χ4v) is 2.15. The Morgan fingerprint density at radius 3 is 2.27 bits per heavy atom. The van der Waals surface area contributed by atoms with Gasteiger partial charge < -0.3 is 14.2 Å². The van der Waals surface area contributed by atoms with E-state index in [1.165, 1.54) is 6.92 Å². The van der Waals surface area contributed by atoms with E-state index in [2.05, 4.69) is 15.9 Å². The van der Waals surface area contributed by atoms with Crippen LogP contribution in [-0.4, -0.2) is 26.1 Å². The maximum Gasteiger partial charge on any atom is 0.163 e. The number of hydrogen-bond acceptors (Lipinski definition) is 4. The molecule has 0 aromatic heterocycles. The fraction of sp³-hybridized carbons (Fsp3) is 0.235. The normalized spacial score (nSPS) is 10.1. The quantitative estimate of drug-likeness (QED) is 0.547. The second-order valence-electron chi connectivity index (χ2n) is 4.57. The van der Waals surface area contributed by atoms with Crippen LogP contribution in [0.5, 0.6) is 17.2 Å². The molecule has 0 aliphatic heterocycles. The van der Waals surface area contributed by atoms with E-state index in [4.69, 9.17) is 14.2 Å². The standard InChI is InChI=1S/C17H17BrO4/c1-12(19)16-8-7-15(20-2)11-17(16)22-10-9-21-14-5-3-13(18)4-6-14/h3-8,11H,9-10H2,1-2H3. The van der Waals surface area contributed by atoms with Crippen LogP contribution in [0.15, 0.2) is 46.9 Å². The minimum absolute atomic E-state index is 0.0496. The molecule has 0 amide bonds. The van der Waals surface area contributed by atoms with Gasteiger partial charge >= 0.3 is 0 Å². The number of carbonyl (C=O) groups excluding carboxylic acids is 1. The third kappa shape index (κ3) is 4.49. The third-order valence-corrected chi connectivity index (χ3v) is 3.52. The van der Waals surface area contributed by atoms with Gasteiger partial charge in [0.25, 0.3) is 0 Å². The number of Topliss-reactive ketones (excluding diaryl/α,β-unsaturated/α-hetero) is 1. The number of hydrogen-bond donors (Lipinski definition) is 0. The summed E-state index contributed by atoms with van der Waals surface area (Å²) in [6, 6.07) is 12.7. The Labute approximate surface area is 138 Å². The van der Waals surface area contributed by atoms with Gasteiger partial charge in [-0.05, 0) is 43.3 Å². The molecular weight excluding hydrogens is 348 g/mol. The van der Waals surface area contributed by atoms with E-state index < -0.39 is 0 Å². The molecule has 2 aromatic rings. The Hall–Kier alpha value is -2.01. The molecule has 0 saturated carbocycles. The Kier molecular flexibility index (Phi) is 5.83. The predicted molar refractivity (Wildman–Crippen MR) is 88.1 cm³/mol. The highest BCUT2D eigenvalue weighted by atomic mass is 79.9. The highest BCUT2D eigenvalue weighted by Crippen LogP contribution is 2.25. The van der Waals surface area contributed by atoms with Crippen molar-refractivity contribution in [1.29, 1.82) is 0 Å². The Balaban J connectivity index is 1.93. The smallest absolute Gasteiger partial charge is 0.163 e. The predicted octanol–water partition coefficient (Wildman–Crippen LogP) is 4.12. The van der Waals surface area contributed by atoms with Crippen LogP contribution >= 0.6 is 15.9 Å². The minimum Gasteiger partial charge on any atom is -0.497 e. The number of carbonyl (C=O) groups is 1.